The lowest BCUT2D eigenvalue weighted by molar-refractivity contribution is -0.263. The number of esters is 1. The second kappa shape index (κ2) is 22.4. The summed E-state index contributed by atoms with van der Waals surface area (Å²) in [4.78, 5) is 70.6. The van der Waals surface area contributed by atoms with Crippen LogP contribution >= 0.6 is 0 Å². The number of rotatable bonds is 4. The van der Waals surface area contributed by atoms with Crippen LogP contribution in [0.25, 0.3) is 0 Å². The minimum absolute atomic E-state index is 0.0747. The van der Waals surface area contributed by atoms with Crippen molar-refractivity contribution >= 4 is 29.2 Å². The van der Waals surface area contributed by atoms with Crippen LogP contribution in [-0.2, 0) is 39.9 Å². The molecular formula is C49H67NO10. The largest absolute Gasteiger partial charge is 0.508 e. The Labute approximate surface area is 356 Å². The number of fused-ring (bicyclic) bond motifs is 3. The average Bonchev–Trinajstić information content (AvgIpc) is 3.22. The molecule has 1 aromatic rings. The molecule has 2 fully saturated rings. The van der Waals surface area contributed by atoms with Gasteiger partial charge in [-0.3, -0.25) is 19.2 Å². The lowest BCUT2D eigenvalue weighted by atomic mass is 9.85. The van der Waals surface area contributed by atoms with E-state index in [2.05, 4.69) is 6.58 Å². The van der Waals surface area contributed by atoms with Crippen molar-refractivity contribution in [3.63, 3.8) is 0 Å². The first-order valence-electron chi connectivity index (χ1n) is 21.7. The fraction of sp³-hybridized carbons (Fsp3) is 0.571. The quantitative estimate of drug-likeness (QED) is 0.157. The summed E-state index contributed by atoms with van der Waals surface area (Å²) >= 11 is 0. The highest BCUT2D eigenvalue weighted by molar-refractivity contribution is 6.39. The van der Waals surface area contributed by atoms with Crippen LogP contribution in [0.5, 0.6) is 5.75 Å². The molecule has 11 heteroatoms. The van der Waals surface area contributed by atoms with Crippen LogP contribution in [0.2, 0.25) is 0 Å². The third-order valence-electron chi connectivity index (χ3n) is 12.5. The van der Waals surface area contributed by atoms with Gasteiger partial charge in [0.25, 0.3) is 11.7 Å². The van der Waals surface area contributed by atoms with Crippen LogP contribution in [0.3, 0.4) is 0 Å². The first-order valence-corrected chi connectivity index (χ1v) is 21.7. The summed E-state index contributed by atoms with van der Waals surface area (Å²) in [7, 11) is 0. The first kappa shape index (κ1) is 48.2. The topological polar surface area (TPSA) is 168 Å². The van der Waals surface area contributed by atoms with Crippen molar-refractivity contribution in [1.82, 2.24) is 4.90 Å². The SMILES string of the molecule is C=C[C@H](Cc1ccc(O)cc1)[C@@H]1CC(=O)[C@H](C)/C=C(\C)[C@@H](O)CC(=O)[C@H](C)C[C@H](C)/C=C/C=C/C=C(\C)CC[C@@H]2CCC(C)C(O)(O2)C(=O)C(=O)N2CCCCC2C(=O)O1. The Balaban J connectivity index is 1.67. The predicted molar refractivity (Wildman–Crippen MR) is 230 cm³/mol. The third-order valence-corrected chi connectivity index (χ3v) is 12.5. The molecule has 3 N–H and O–H groups in total. The van der Waals surface area contributed by atoms with E-state index in [0.29, 0.717) is 56.9 Å². The van der Waals surface area contributed by atoms with Crippen LogP contribution in [-0.4, -0.2) is 86.1 Å². The summed E-state index contributed by atoms with van der Waals surface area (Å²) < 4.78 is 12.3. The van der Waals surface area contributed by atoms with Crippen LogP contribution in [0.4, 0.5) is 0 Å². The maximum atomic E-state index is 14.2. The minimum Gasteiger partial charge on any atom is -0.508 e. The monoisotopic (exact) mass is 829 g/mol. The van der Waals surface area contributed by atoms with Gasteiger partial charge in [0.05, 0.1) is 12.2 Å². The van der Waals surface area contributed by atoms with Crippen molar-refractivity contribution < 1.29 is 48.8 Å². The van der Waals surface area contributed by atoms with E-state index in [1.165, 1.54) is 17.0 Å². The summed E-state index contributed by atoms with van der Waals surface area (Å²) in [5.74, 6) is -7.68. The third kappa shape index (κ3) is 13.3. The number of ether oxygens (including phenoxy) is 2. The molecule has 0 saturated carbocycles. The smallest absolute Gasteiger partial charge is 0.329 e. The van der Waals surface area contributed by atoms with Crippen LogP contribution in [0.1, 0.15) is 111 Å². The number of cyclic esters (lactones) is 1. The van der Waals surface area contributed by atoms with Crippen LogP contribution in [0, 0.1) is 29.6 Å². The molecule has 328 valence electrons. The second-order valence-corrected chi connectivity index (χ2v) is 17.5. The van der Waals surface area contributed by atoms with E-state index in [9.17, 15) is 39.3 Å². The molecule has 10 atom stereocenters. The number of nitrogens with zero attached hydrogens (tertiary/aromatic N) is 1. The van der Waals surface area contributed by atoms with E-state index >= 15 is 0 Å². The number of hydrogen-bond acceptors (Lipinski definition) is 10. The standard InChI is InChI=1S/C49H67NO10/c1-8-38(28-37-19-21-39(51)22-20-37)45-30-44(54)35(6)27-34(5)43(53)29-42(52)33(4)26-32(3)15-11-9-10-14-31(2)17-23-40-24-18-36(7)49(58,60-40)46(55)47(56)50-25-13-12-16-41(50)48(57)59-45/h8-11,14-15,19-22,27,32-33,35-36,38,40-41,43,45,51,53,58H,1,12-13,16-18,23-26,28-30H2,2-7H3/b10-9+,15-11+,31-14+,34-27+/t32-,33-,35-,36?,38-,40-,41?,43+,45+,49?/m1/s1. The molecule has 3 aliphatic heterocycles. The van der Waals surface area contributed by atoms with E-state index in [1.54, 1.807) is 45.1 Å². The van der Waals surface area contributed by atoms with Crippen LogP contribution < -0.4 is 0 Å². The average molecular weight is 830 g/mol. The van der Waals surface area contributed by atoms with Gasteiger partial charge in [-0.2, -0.15) is 0 Å². The number of phenols is 1. The summed E-state index contributed by atoms with van der Waals surface area (Å²) in [5, 5.41) is 32.7. The number of ketones is 3. The number of aliphatic hydroxyl groups is 2. The lowest BCUT2D eigenvalue weighted by Crippen LogP contribution is -2.60. The first-order chi connectivity index (χ1) is 28.4. The molecule has 0 spiro atoms. The molecule has 2 bridgehead atoms. The van der Waals surface area contributed by atoms with Gasteiger partial charge in [-0.25, -0.2) is 4.79 Å². The summed E-state index contributed by atoms with van der Waals surface area (Å²) in [5.41, 5.74) is 2.34. The van der Waals surface area contributed by atoms with E-state index in [1.807, 2.05) is 51.2 Å². The van der Waals surface area contributed by atoms with Crippen molar-refractivity contribution in [2.24, 2.45) is 29.6 Å². The Morgan fingerprint density at radius 1 is 0.917 bits per heavy atom. The molecule has 0 aromatic heterocycles. The van der Waals surface area contributed by atoms with Crippen molar-refractivity contribution in [3.8, 4) is 5.75 Å². The fourth-order valence-electron chi connectivity index (χ4n) is 8.34. The summed E-state index contributed by atoms with van der Waals surface area (Å²) in [6, 6.07) is 5.38. The number of aromatic hydroxyl groups is 1. The van der Waals surface area contributed by atoms with Gasteiger partial charge >= 0.3 is 5.97 Å². The number of amides is 1. The van der Waals surface area contributed by atoms with Crippen molar-refractivity contribution in [2.45, 2.75) is 142 Å². The molecule has 1 amide bonds. The zero-order chi connectivity index (χ0) is 44.1. The number of carbonyl (C=O) groups excluding carboxylic acids is 5. The molecule has 1 aromatic carbocycles. The molecule has 3 aliphatic rings. The fourth-order valence-corrected chi connectivity index (χ4v) is 8.34. The lowest BCUT2D eigenvalue weighted by Gasteiger charge is -2.42. The van der Waals surface area contributed by atoms with E-state index in [0.717, 1.165) is 11.1 Å². The van der Waals surface area contributed by atoms with E-state index in [4.69, 9.17) is 9.47 Å². The highest BCUT2D eigenvalue weighted by Gasteiger charge is 2.52. The number of aliphatic hydroxyl groups excluding tert-OH is 1. The normalized spacial score (nSPS) is 34.9. The number of Topliss-reactive ketones (excluding diaryl/α,β-unsaturated/α-hetero) is 3. The Kier molecular flexibility index (Phi) is 18.0. The predicted octanol–water partition coefficient (Wildman–Crippen LogP) is 7.48. The van der Waals surface area contributed by atoms with Crippen molar-refractivity contribution in [2.75, 3.05) is 6.54 Å². The zero-order valence-electron chi connectivity index (χ0n) is 36.4. The van der Waals surface area contributed by atoms with Gasteiger partial charge in [-0.05, 0) is 101 Å². The summed E-state index contributed by atoms with van der Waals surface area (Å²) in [6.45, 7) is 15.0. The van der Waals surface area contributed by atoms with Gasteiger partial charge in [0, 0.05) is 43.1 Å². The molecule has 3 unspecified atom stereocenters. The van der Waals surface area contributed by atoms with Gasteiger partial charge in [-0.15, -0.1) is 6.58 Å². The zero-order valence-corrected chi connectivity index (χ0v) is 36.4. The number of carbonyl (C=O) groups is 5. The number of benzene rings is 1. The second-order valence-electron chi connectivity index (χ2n) is 17.5. The van der Waals surface area contributed by atoms with Gasteiger partial charge in [0.2, 0.25) is 5.79 Å². The molecule has 0 radical (unpaired) electrons. The molecule has 11 nitrogen and oxygen atoms in total. The maximum absolute atomic E-state index is 14.2. The van der Waals surface area contributed by atoms with Crippen LogP contribution in [0.15, 0.2) is 84.5 Å². The molecule has 4 rings (SSSR count). The molecule has 60 heavy (non-hydrogen) atoms. The number of hydrogen-bond donors (Lipinski definition) is 3. The minimum atomic E-state index is -2.36. The highest BCUT2D eigenvalue weighted by Crippen LogP contribution is 2.36. The molecule has 3 heterocycles. The number of piperidine rings is 1. The maximum Gasteiger partial charge on any atom is 0.329 e. The Morgan fingerprint density at radius 3 is 2.33 bits per heavy atom. The van der Waals surface area contributed by atoms with E-state index < -0.39 is 65.6 Å². The van der Waals surface area contributed by atoms with E-state index in [-0.39, 0.29) is 55.0 Å². The van der Waals surface area contributed by atoms with Gasteiger partial charge in [-0.1, -0.05) is 87.9 Å². The van der Waals surface area contributed by atoms with Crippen molar-refractivity contribution in [3.05, 3.63) is 90.1 Å². The molecular weight excluding hydrogens is 763 g/mol. The Bertz CT molecular complexity index is 1810. The highest BCUT2D eigenvalue weighted by atomic mass is 16.6. The van der Waals surface area contributed by atoms with Gasteiger partial charge < -0.3 is 29.7 Å². The number of phenolic OH excluding ortho intramolecular Hbond substituents is 1. The Morgan fingerprint density at radius 2 is 1.63 bits per heavy atom. The van der Waals surface area contributed by atoms with Gasteiger partial charge in [0.15, 0.2) is 0 Å². The number of allylic oxidation sites excluding steroid dienone is 7. The van der Waals surface area contributed by atoms with Crippen molar-refractivity contribution in [1.29, 1.82) is 0 Å². The molecule has 0 aliphatic carbocycles. The van der Waals surface area contributed by atoms with Gasteiger partial charge in [0.1, 0.15) is 29.5 Å². The molecule has 2 saturated heterocycles. The Hall–Kier alpha value is -4.45. The summed E-state index contributed by atoms with van der Waals surface area (Å²) in [6.07, 6.45) is 14.7.